The molecule has 1 aliphatic rings. The zero-order chi connectivity index (χ0) is 17.4. The number of esters is 1. The number of hydrogen-bond acceptors (Lipinski definition) is 5. The van der Waals surface area contributed by atoms with Gasteiger partial charge in [-0.1, -0.05) is 0 Å². The molecule has 8 nitrogen and oxygen atoms in total. The van der Waals surface area contributed by atoms with Gasteiger partial charge >= 0.3 is 11.9 Å². The van der Waals surface area contributed by atoms with Gasteiger partial charge in [0.1, 0.15) is 10.6 Å². The third-order valence-electron chi connectivity index (χ3n) is 4.06. The zero-order valence-corrected chi connectivity index (χ0v) is 14.1. The summed E-state index contributed by atoms with van der Waals surface area (Å²) in [5.41, 5.74) is -0.961. The van der Waals surface area contributed by atoms with Crippen LogP contribution < -0.4 is 0 Å². The van der Waals surface area contributed by atoms with E-state index in [-0.39, 0.29) is 36.7 Å². The van der Waals surface area contributed by atoms with Crippen LogP contribution in [0, 0.1) is 5.41 Å². The molecule has 0 aliphatic carbocycles. The molecule has 1 aromatic heterocycles. The maximum Gasteiger partial charge on any atom is 0.354 e. The number of aromatic nitrogens is 1. The molecule has 0 spiro atoms. The Bertz CT molecular complexity index is 738. The topological polar surface area (TPSA) is 106 Å². The molecule has 0 amide bonds. The van der Waals surface area contributed by atoms with Crippen molar-refractivity contribution in [3.63, 3.8) is 0 Å². The van der Waals surface area contributed by atoms with Gasteiger partial charge < -0.3 is 14.4 Å². The summed E-state index contributed by atoms with van der Waals surface area (Å²) < 4.78 is 32.7. The Hall–Kier alpha value is -1.87. The van der Waals surface area contributed by atoms with E-state index in [9.17, 15) is 23.1 Å². The maximum absolute atomic E-state index is 12.7. The summed E-state index contributed by atoms with van der Waals surface area (Å²) in [5.74, 6) is -1.62. The molecule has 23 heavy (non-hydrogen) atoms. The second-order valence-corrected chi connectivity index (χ2v) is 7.78. The number of carbonyl (C=O) groups excluding carboxylic acids is 1. The average Bonchev–Trinajstić information content (AvgIpc) is 3.04. The number of rotatable bonds is 5. The molecule has 0 bridgehead atoms. The predicted molar refractivity (Wildman–Crippen MR) is 80.5 cm³/mol. The number of hydrogen-bond donors (Lipinski definition) is 1. The van der Waals surface area contributed by atoms with Gasteiger partial charge in [-0.3, -0.25) is 4.79 Å². The third kappa shape index (κ3) is 3.11. The van der Waals surface area contributed by atoms with Crippen LogP contribution >= 0.6 is 0 Å². The molecule has 0 aromatic carbocycles. The van der Waals surface area contributed by atoms with Gasteiger partial charge in [-0.2, -0.15) is 4.31 Å². The standard InChI is InChI=1S/C14H20N2O6S/c1-4-22-12(17)11-7-10(8-15(11)3)23(20,21)16-6-5-14(2,9-16)13(18)19/h7-8H,4-6,9H2,1-3H3,(H,18,19). The number of carboxylic acids is 1. The van der Waals surface area contributed by atoms with Crippen LogP contribution in [0.15, 0.2) is 17.2 Å². The highest BCUT2D eigenvalue weighted by molar-refractivity contribution is 7.89. The normalized spacial score (nSPS) is 22.2. The van der Waals surface area contributed by atoms with Crippen LogP contribution in [-0.4, -0.2) is 54.0 Å². The smallest absolute Gasteiger partial charge is 0.354 e. The molecule has 0 saturated carbocycles. The fourth-order valence-corrected chi connectivity index (χ4v) is 4.17. The lowest BCUT2D eigenvalue weighted by Crippen LogP contribution is -2.34. The molecule has 1 saturated heterocycles. The van der Waals surface area contributed by atoms with Gasteiger partial charge in [-0.15, -0.1) is 0 Å². The molecule has 2 rings (SSSR count). The van der Waals surface area contributed by atoms with E-state index < -0.39 is 27.4 Å². The van der Waals surface area contributed by atoms with Crippen LogP contribution in [-0.2, 0) is 26.6 Å². The number of ether oxygens (including phenoxy) is 1. The Balaban J connectivity index is 2.30. The van der Waals surface area contributed by atoms with Crippen LogP contribution in [0.2, 0.25) is 0 Å². The first kappa shape index (κ1) is 17.5. The van der Waals surface area contributed by atoms with Crippen molar-refractivity contribution in [3.05, 3.63) is 18.0 Å². The molecule has 1 aromatic rings. The number of nitrogens with zero attached hydrogens (tertiary/aromatic N) is 2. The molecule has 128 valence electrons. The summed E-state index contributed by atoms with van der Waals surface area (Å²) in [6, 6.07) is 1.25. The van der Waals surface area contributed by atoms with Gasteiger partial charge in [0.15, 0.2) is 0 Å². The molecule has 1 atom stereocenters. The summed E-state index contributed by atoms with van der Waals surface area (Å²) in [7, 11) is -2.30. The molecule has 2 heterocycles. The SMILES string of the molecule is CCOC(=O)c1cc(S(=O)(=O)N2CCC(C)(C(=O)O)C2)cn1C. The minimum Gasteiger partial charge on any atom is -0.481 e. The fourth-order valence-electron chi connectivity index (χ4n) is 2.53. The van der Waals surface area contributed by atoms with Gasteiger partial charge in [-0.05, 0) is 26.3 Å². The maximum atomic E-state index is 12.7. The Morgan fingerprint density at radius 2 is 2.09 bits per heavy atom. The van der Waals surface area contributed by atoms with E-state index in [1.54, 1.807) is 14.0 Å². The molecule has 9 heteroatoms. The van der Waals surface area contributed by atoms with E-state index >= 15 is 0 Å². The van der Waals surface area contributed by atoms with Crippen molar-refractivity contribution in [1.29, 1.82) is 0 Å². The minimum atomic E-state index is -3.85. The predicted octanol–water partition coefficient (Wildman–Crippen LogP) is 0.687. The Labute approximate surface area is 134 Å². The summed E-state index contributed by atoms with van der Waals surface area (Å²) in [5, 5.41) is 9.22. The Morgan fingerprint density at radius 3 is 2.61 bits per heavy atom. The summed E-state index contributed by atoms with van der Waals surface area (Å²) in [6.07, 6.45) is 1.58. The first-order valence-corrected chi connectivity index (χ1v) is 8.63. The number of carbonyl (C=O) groups is 2. The molecule has 1 N–H and O–H groups in total. The van der Waals surface area contributed by atoms with Crippen molar-refractivity contribution < 1.29 is 27.9 Å². The lowest BCUT2D eigenvalue weighted by atomic mass is 9.90. The Kier molecular flexibility index (Phi) is 4.54. The summed E-state index contributed by atoms with van der Waals surface area (Å²) in [4.78, 5) is 23.0. The molecule has 0 radical (unpaired) electrons. The molecule has 1 fully saturated rings. The Morgan fingerprint density at radius 1 is 1.43 bits per heavy atom. The summed E-state index contributed by atoms with van der Waals surface area (Å²) >= 11 is 0. The van der Waals surface area contributed by atoms with Gasteiger partial charge in [0.2, 0.25) is 10.0 Å². The second-order valence-electron chi connectivity index (χ2n) is 5.85. The van der Waals surface area contributed by atoms with E-state index in [2.05, 4.69) is 0 Å². The van der Waals surface area contributed by atoms with Crippen LogP contribution in [0.3, 0.4) is 0 Å². The van der Waals surface area contributed by atoms with Gasteiger partial charge in [0.25, 0.3) is 0 Å². The fraction of sp³-hybridized carbons (Fsp3) is 0.571. The number of aryl methyl sites for hydroxylation is 1. The van der Waals surface area contributed by atoms with E-state index in [0.717, 1.165) is 4.31 Å². The van der Waals surface area contributed by atoms with Crippen molar-refractivity contribution in [3.8, 4) is 0 Å². The van der Waals surface area contributed by atoms with E-state index in [1.807, 2.05) is 0 Å². The van der Waals surface area contributed by atoms with E-state index in [1.165, 1.54) is 23.8 Å². The summed E-state index contributed by atoms with van der Waals surface area (Å²) in [6.45, 7) is 3.42. The first-order chi connectivity index (χ1) is 10.6. The van der Waals surface area contributed by atoms with E-state index in [4.69, 9.17) is 4.74 Å². The molecule has 1 unspecified atom stereocenters. The molecule has 1 aliphatic heterocycles. The largest absolute Gasteiger partial charge is 0.481 e. The quantitative estimate of drug-likeness (QED) is 0.788. The monoisotopic (exact) mass is 344 g/mol. The second kappa shape index (κ2) is 5.97. The number of aliphatic carboxylic acids is 1. The lowest BCUT2D eigenvalue weighted by molar-refractivity contribution is -0.146. The average molecular weight is 344 g/mol. The van der Waals surface area contributed by atoms with Gasteiger partial charge in [-0.25, -0.2) is 13.2 Å². The zero-order valence-electron chi connectivity index (χ0n) is 13.3. The number of carboxylic acid groups (broad SMARTS) is 1. The van der Waals surface area contributed by atoms with Crippen molar-refractivity contribution in [1.82, 2.24) is 8.87 Å². The molecular weight excluding hydrogens is 324 g/mol. The first-order valence-electron chi connectivity index (χ1n) is 7.19. The van der Waals surface area contributed by atoms with Crippen LogP contribution in [0.1, 0.15) is 30.8 Å². The highest BCUT2D eigenvalue weighted by Gasteiger charge is 2.45. The van der Waals surface area contributed by atoms with E-state index in [0.29, 0.717) is 0 Å². The van der Waals surface area contributed by atoms with Crippen molar-refractivity contribution in [2.75, 3.05) is 19.7 Å². The number of sulfonamides is 1. The lowest BCUT2D eigenvalue weighted by Gasteiger charge is -2.19. The highest BCUT2D eigenvalue weighted by atomic mass is 32.2. The van der Waals surface area contributed by atoms with Crippen molar-refractivity contribution in [2.45, 2.75) is 25.2 Å². The minimum absolute atomic E-state index is 0.0438. The third-order valence-corrected chi connectivity index (χ3v) is 5.87. The molecular formula is C14H20N2O6S. The van der Waals surface area contributed by atoms with Gasteiger partial charge in [0, 0.05) is 26.3 Å². The highest BCUT2D eigenvalue weighted by Crippen LogP contribution is 2.34. The van der Waals surface area contributed by atoms with Crippen LogP contribution in [0.4, 0.5) is 0 Å². The van der Waals surface area contributed by atoms with Crippen LogP contribution in [0.5, 0.6) is 0 Å². The van der Waals surface area contributed by atoms with Crippen molar-refractivity contribution >= 4 is 22.0 Å². The van der Waals surface area contributed by atoms with Crippen LogP contribution in [0.25, 0.3) is 0 Å². The van der Waals surface area contributed by atoms with Crippen molar-refractivity contribution in [2.24, 2.45) is 12.5 Å². The van der Waals surface area contributed by atoms with Gasteiger partial charge in [0.05, 0.1) is 12.0 Å².